The van der Waals surface area contributed by atoms with E-state index in [1.807, 2.05) is 0 Å². The van der Waals surface area contributed by atoms with Crippen LogP contribution in [0.5, 0.6) is 0 Å². The van der Waals surface area contributed by atoms with E-state index in [9.17, 15) is 0 Å². The molecule has 0 amide bonds. The smallest absolute Gasteiger partial charge is 0.0702 e. The molecule has 1 saturated heterocycles. The Balaban J connectivity index is 1.52. The third-order valence-electron chi connectivity index (χ3n) is 4.45. The highest BCUT2D eigenvalue weighted by molar-refractivity contribution is 4.72. The van der Waals surface area contributed by atoms with Crippen LogP contribution in [0.4, 0.5) is 0 Å². The van der Waals surface area contributed by atoms with Crippen molar-refractivity contribution in [2.24, 2.45) is 5.92 Å². The molecular weight excluding hydrogens is 224 g/mol. The number of rotatable bonds is 8. The van der Waals surface area contributed by atoms with Gasteiger partial charge in [0.2, 0.25) is 0 Å². The lowest BCUT2D eigenvalue weighted by molar-refractivity contribution is 0.0751. The van der Waals surface area contributed by atoms with Gasteiger partial charge in [-0.1, -0.05) is 19.8 Å². The van der Waals surface area contributed by atoms with Crippen LogP contribution in [0.2, 0.25) is 0 Å². The summed E-state index contributed by atoms with van der Waals surface area (Å²) >= 11 is 0. The van der Waals surface area contributed by atoms with Crippen molar-refractivity contribution in [3.05, 3.63) is 0 Å². The largest absolute Gasteiger partial charge is 0.377 e. The molecule has 1 saturated carbocycles. The second kappa shape index (κ2) is 8.13. The van der Waals surface area contributed by atoms with Gasteiger partial charge in [0.15, 0.2) is 0 Å². The highest BCUT2D eigenvalue weighted by Gasteiger charge is 2.18. The fraction of sp³-hybridized carbons (Fsp3) is 1.00. The van der Waals surface area contributed by atoms with E-state index in [0.717, 1.165) is 32.2 Å². The van der Waals surface area contributed by atoms with Gasteiger partial charge in [-0.05, 0) is 44.7 Å². The minimum atomic E-state index is 0.500. The summed E-state index contributed by atoms with van der Waals surface area (Å²) < 4.78 is 5.71. The van der Waals surface area contributed by atoms with Crippen molar-refractivity contribution in [2.45, 2.75) is 51.6 Å². The maximum absolute atomic E-state index is 5.71. The average molecular weight is 254 g/mol. The molecule has 0 aromatic heterocycles. The standard InChI is InChI=1S/C15H30N2O/c1-2-17(13-15-8-5-11-18-15)10-9-16-12-14-6-3-4-7-14/h14-16H,2-13H2,1H3. The third-order valence-corrected chi connectivity index (χ3v) is 4.45. The number of likely N-dealkylation sites (N-methyl/N-ethyl adjacent to an activating group) is 1. The molecule has 1 aliphatic carbocycles. The van der Waals surface area contributed by atoms with Gasteiger partial charge in [-0.2, -0.15) is 0 Å². The third kappa shape index (κ3) is 4.87. The number of hydrogen-bond acceptors (Lipinski definition) is 3. The molecule has 1 heterocycles. The van der Waals surface area contributed by atoms with Crippen molar-refractivity contribution in [3.63, 3.8) is 0 Å². The fourth-order valence-electron chi connectivity index (χ4n) is 3.21. The molecule has 3 heteroatoms. The number of nitrogens with zero attached hydrogens (tertiary/aromatic N) is 1. The Bertz CT molecular complexity index is 211. The van der Waals surface area contributed by atoms with Crippen molar-refractivity contribution in [1.29, 1.82) is 0 Å². The number of hydrogen-bond donors (Lipinski definition) is 1. The number of nitrogens with one attached hydrogen (secondary N) is 1. The molecule has 2 rings (SSSR count). The molecule has 0 bridgehead atoms. The zero-order chi connectivity index (χ0) is 12.6. The van der Waals surface area contributed by atoms with Crippen molar-refractivity contribution in [1.82, 2.24) is 10.2 Å². The molecule has 1 unspecified atom stereocenters. The van der Waals surface area contributed by atoms with Crippen LogP contribution < -0.4 is 5.32 Å². The summed E-state index contributed by atoms with van der Waals surface area (Å²) in [6, 6.07) is 0. The van der Waals surface area contributed by atoms with Crippen LogP contribution in [-0.4, -0.2) is 50.3 Å². The van der Waals surface area contributed by atoms with Crippen LogP contribution in [0.3, 0.4) is 0 Å². The van der Waals surface area contributed by atoms with Crippen LogP contribution in [0.15, 0.2) is 0 Å². The summed E-state index contributed by atoms with van der Waals surface area (Å²) in [5, 5.41) is 3.63. The zero-order valence-corrected chi connectivity index (χ0v) is 12.0. The highest BCUT2D eigenvalue weighted by atomic mass is 16.5. The molecule has 2 aliphatic rings. The minimum absolute atomic E-state index is 0.500. The summed E-state index contributed by atoms with van der Waals surface area (Å²) in [7, 11) is 0. The lowest BCUT2D eigenvalue weighted by atomic mass is 10.1. The summed E-state index contributed by atoms with van der Waals surface area (Å²) in [6.45, 7) is 9.04. The molecule has 1 N–H and O–H groups in total. The van der Waals surface area contributed by atoms with Crippen LogP contribution >= 0.6 is 0 Å². The van der Waals surface area contributed by atoms with Gasteiger partial charge in [0.05, 0.1) is 6.10 Å². The SMILES string of the molecule is CCN(CCNCC1CCCC1)CC1CCCO1. The second-order valence-corrected chi connectivity index (χ2v) is 5.88. The van der Waals surface area contributed by atoms with E-state index in [0.29, 0.717) is 6.10 Å². The Morgan fingerprint density at radius 1 is 1.17 bits per heavy atom. The van der Waals surface area contributed by atoms with Crippen LogP contribution in [0, 0.1) is 5.92 Å². The molecule has 1 atom stereocenters. The Morgan fingerprint density at radius 3 is 2.67 bits per heavy atom. The molecule has 0 aromatic rings. The predicted molar refractivity (Wildman–Crippen MR) is 75.9 cm³/mol. The maximum Gasteiger partial charge on any atom is 0.0702 e. The normalized spacial score (nSPS) is 25.3. The molecule has 106 valence electrons. The van der Waals surface area contributed by atoms with Crippen LogP contribution in [-0.2, 0) is 4.74 Å². The summed E-state index contributed by atoms with van der Waals surface area (Å²) in [6.07, 6.45) is 8.80. The van der Waals surface area contributed by atoms with Crippen molar-refractivity contribution in [2.75, 3.05) is 39.3 Å². The molecule has 3 nitrogen and oxygen atoms in total. The van der Waals surface area contributed by atoms with E-state index in [4.69, 9.17) is 4.74 Å². The van der Waals surface area contributed by atoms with Gasteiger partial charge in [-0.15, -0.1) is 0 Å². The van der Waals surface area contributed by atoms with Gasteiger partial charge >= 0.3 is 0 Å². The van der Waals surface area contributed by atoms with E-state index in [1.165, 1.54) is 51.6 Å². The Hall–Kier alpha value is -0.120. The van der Waals surface area contributed by atoms with Gasteiger partial charge in [0.25, 0.3) is 0 Å². The van der Waals surface area contributed by atoms with Gasteiger partial charge in [0.1, 0.15) is 0 Å². The van der Waals surface area contributed by atoms with E-state index in [2.05, 4.69) is 17.1 Å². The first kappa shape index (κ1) is 14.3. The monoisotopic (exact) mass is 254 g/mol. The Labute approximate surface area is 112 Å². The van der Waals surface area contributed by atoms with E-state index in [1.54, 1.807) is 0 Å². The topological polar surface area (TPSA) is 24.5 Å². The average Bonchev–Trinajstić information content (AvgIpc) is 3.06. The first-order valence-electron chi connectivity index (χ1n) is 7.93. The van der Waals surface area contributed by atoms with Crippen molar-refractivity contribution in [3.8, 4) is 0 Å². The van der Waals surface area contributed by atoms with Gasteiger partial charge in [-0.25, -0.2) is 0 Å². The molecule has 0 spiro atoms. The Kier molecular flexibility index (Phi) is 6.46. The molecular formula is C15H30N2O. The second-order valence-electron chi connectivity index (χ2n) is 5.88. The summed E-state index contributed by atoms with van der Waals surface area (Å²) in [4.78, 5) is 2.53. The highest BCUT2D eigenvalue weighted by Crippen LogP contribution is 2.23. The lowest BCUT2D eigenvalue weighted by Crippen LogP contribution is -2.38. The maximum atomic E-state index is 5.71. The number of ether oxygens (including phenoxy) is 1. The minimum Gasteiger partial charge on any atom is -0.377 e. The van der Waals surface area contributed by atoms with E-state index < -0.39 is 0 Å². The van der Waals surface area contributed by atoms with Gasteiger partial charge in [-0.3, -0.25) is 4.90 Å². The van der Waals surface area contributed by atoms with E-state index in [-0.39, 0.29) is 0 Å². The van der Waals surface area contributed by atoms with E-state index >= 15 is 0 Å². The zero-order valence-electron chi connectivity index (χ0n) is 12.0. The summed E-state index contributed by atoms with van der Waals surface area (Å²) in [5.41, 5.74) is 0. The van der Waals surface area contributed by atoms with Crippen molar-refractivity contribution < 1.29 is 4.74 Å². The van der Waals surface area contributed by atoms with Gasteiger partial charge in [0, 0.05) is 26.2 Å². The molecule has 0 radical (unpaired) electrons. The molecule has 0 aromatic carbocycles. The fourth-order valence-corrected chi connectivity index (χ4v) is 3.21. The first-order chi connectivity index (χ1) is 8.88. The van der Waals surface area contributed by atoms with Gasteiger partial charge < -0.3 is 10.1 Å². The molecule has 2 fully saturated rings. The lowest BCUT2D eigenvalue weighted by Gasteiger charge is -2.24. The first-order valence-corrected chi connectivity index (χ1v) is 7.93. The summed E-state index contributed by atoms with van der Waals surface area (Å²) in [5.74, 6) is 0.957. The quantitative estimate of drug-likeness (QED) is 0.673. The molecule has 1 aliphatic heterocycles. The molecule has 18 heavy (non-hydrogen) atoms. The van der Waals surface area contributed by atoms with Crippen LogP contribution in [0.25, 0.3) is 0 Å². The predicted octanol–water partition coefficient (Wildman–Crippen LogP) is 2.27. The Morgan fingerprint density at radius 2 is 2.00 bits per heavy atom. The van der Waals surface area contributed by atoms with Crippen molar-refractivity contribution >= 4 is 0 Å². The van der Waals surface area contributed by atoms with Crippen LogP contribution in [0.1, 0.15) is 45.4 Å².